The molecule has 1 rings (SSSR count). The van der Waals surface area contributed by atoms with Crippen LogP contribution in [-0.4, -0.2) is 10.9 Å². The highest BCUT2D eigenvalue weighted by Gasteiger charge is 2.20. The number of hydrogen-bond donors (Lipinski definition) is 0. The summed E-state index contributed by atoms with van der Waals surface area (Å²) in [5.41, 5.74) is 1.39. The largest absolute Gasteiger partial charge is 0.364 e. The van der Waals surface area contributed by atoms with Crippen LogP contribution in [0.2, 0.25) is 0 Å². The molecular formula is C10H15NO2. The van der Waals surface area contributed by atoms with E-state index in [0.717, 1.165) is 5.56 Å². The molecule has 0 spiro atoms. The molecule has 0 aliphatic rings. The van der Waals surface area contributed by atoms with E-state index in [2.05, 4.69) is 5.16 Å². The minimum Gasteiger partial charge on any atom is -0.364 e. The van der Waals surface area contributed by atoms with Gasteiger partial charge >= 0.3 is 0 Å². The number of ketones is 1. The van der Waals surface area contributed by atoms with Crippen LogP contribution < -0.4 is 0 Å². The Morgan fingerprint density at radius 2 is 2.00 bits per heavy atom. The van der Waals surface area contributed by atoms with Crippen molar-refractivity contribution in [2.45, 2.75) is 33.6 Å². The van der Waals surface area contributed by atoms with E-state index >= 15 is 0 Å². The summed E-state index contributed by atoms with van der Waals surface area (Å²) in [4.78, 5) is 11.6. The van der Waals surface area contributed by atoms with E-state index in [0.29, 0.717) is 5.69 Å². The molecule has 0 aliphatic heterocycles. The first-order chi connectivity index (χ1) is 6.04. The van der Waals surface area contributed by atoms with Crippen molar-refractivity contribution in [1.29, 1.82) is 0 Å². The van der Waals surface area contributed by atoms with Gasteiger partial charge in [-0.25, -0.2) is 0 Å². The summed E-state index contributed by atoms with van der Waals surface area (Å²) in [6.07, 6.45) is 1.56. The number of aromatic nitrogens is 1. The molecule has 3 nitrogen and oxygen atoms in total. The summed E-state index contributed by atoms with van der Waals surface area (Å²) in [7, 11) is 0. The molecule has 0 amide bonds. The molecule has 0 saturated heterocycles. The van der Waals surface area contributed by atoms with Crippen LogP contribution in [0.1, 0.15) is 49.7 Å². The Hall–Kier alpha value is -1.12. The quantitative estimate of drug-likeness (QED) is 0.673. The van der Waals surface area contributed by atoms with E-state index in [1.165, 1.54) is 0 Å². The lowest BCUT2D eigenvalue weighted by molar-refractivity contribution is 0.0929. The summed E-state index contributed by atoms with van der Waals surface area (Å²) in [6, 6.07) is 0. The van der Waals surface area contributed by atoms with Crippen molar-refractivity contribution in [2.75, 3.05) is 0 Å². The zero-order valence-corrected chi connectivity index (χ0v) is 8.50. The van der Waals surface area contributed by atoms with E-state index in [1.807, 2.05) is 27.7 Å². The first-order valence-corrected chi connectivity index (χ1v) is 4.52. The molecule has 3 heteroatoms. The summed E-state index contributed by atoms with van der Waals surface area (Å²) < 4.78 is 4.81. The number of nitrogens with zero attached hydrogens (tertiary/aromatic N) is 1. The summed E-state index contributed by atoms with van der Waals surface area (Å²) in [6.45, 7) is 7.76. The normalized spacial score (nSPS) is 11.2. The molecule has 13 heavy (non-hydrogen) atoms. The Labute approximate surface area is 78.1 Å². The molecule has 0 unspecified atom stereocenters. The topological polar surface area (TPSA) is 43.1 Å². The van der Waals surface area contributed by atoms with Crippen molar-refractivity contribution in [3.05, 3.63) is 17.5 Å². The van der Waals surface area contributed by atoms with Crippen LogP contribution in [0.15, 0.2) is 10.8 Å². The van der Waals surface area contributed by atoms with Crippen LogP contribution in [0.4, 0.5) is 0 Å². The van der Waals surface area contributed by atoms with Gasteiger partial charge in [0, 0.05) is 11.5 Å². The average molecular weight is 181 g/mol. The number of carbonyl (C=O) groups excluding carboxylic acids is 1. The zero-order valence-electron chi connectivity index (χ0n) is 8.50. The predicted octanol–water partition coefficient (Wildman–Crippen LogP) is 2.64. The Morgan fingerprint density at radius 1 is 1.38 bits per heavy atom. The van der Waals surface area contributed by atoms with Gasteiger partial charge in [0.15, 0.2) is 11.5 Å². The minimum absolute atomic E-state index is 0.0254. The van der Waals surface area contributed by atoms with Crippen LogP contribution in [0, 0.1) is 5.92 Å². The highest BCUT2D eigenvalue weighted by atomic mass is 16.5. The molecule has 0 saturated carbocycles. The lowest BCUT2D eigenvalue weighted by atomic mass is 9.97. The number of rotatable bonds is 3. The highest BCUT2D eigenvalue weighted by Crippen LogP contribution is 2.20. The molecule has 0 aromatic carbocycles. The second kappa shape index (κ2) is 3.73. The Kier molecular flexibility index (Phi) is 2.86. The molecule has 1 aromatic rings. The predicted molar refractivity (Wildman–Crippen MR) is 49.8 cm³/mol. The third-order valence-corrected chi connectivity index (χ3v) is 1.98. The van der Waals surface area contributed by atoms with Gasteiger partial charge in [0.05, 0.1) is 0 Å². The monoisotopic (exact) mass is 181 g/mol. The van der Waals surface area contributed by atoms with Crippen LogP contribution in [0.25, 0.3) is 0 Å². The van der Waals surface area contributed by atoms with Gasteiger partial charge in [0.2, 0.25) is 0 Å². The van der Waals surface area contributed by atoms with E-state index in [1.54, 1.807) is 6.26 Å². The van der Waals surface area contributed by atoms with E-state index in [-0.39, 0.29) is 17.6 Å². The van der Waals surface area contributed by atoms with Gasteiger partial charge in [0.25, 0.3) is 0 Å². The van der Waals surface area contributed by atoms with Crippen LogP contribution >= 0.6 is 0 Å². The van der Waals surface area contributed by atoms with Crippen molar-refractivity contribution in [1.82, 2.24) is 5.16 Å². The van der Waals surface area contributed by atoms with Crippen molar-refractivity contribution in [3.63, 3.8) is 0 Å². The second-order valence-corrected chi connectivity index (χ2v) is 3.79. The molecular weight excluding hydrogens is 166 g/mol. The molecule has 0 atom stereocenters. The van der Waals surface area contributed by atoms with Gasteiger partial charge in [-0.1, -0.05) is 32.9 Å². The third-order valence-electron chi connectivity index (χ3n) is 1.98. The second-order valence-electron chi connectivity index (χ2n) is 3.79. The Balaban J connectivity index is 3.01. The van der Waals surface area contributed by atoms with Crippen LogP contribution in [-0.2, 0) is 0 Å². The van der Waals surface area contributed by atoms with Gasteiger partial charge < -0.3 is 4.52 Å². The van der Waals surface area contributed by atoms with Gasteiger partial charge in [-0.05, 0) is 5.92 Å². The van der Waals surface area contributed by atoms with E-state index < -0.39 is 0 Å². The van der Waals surface area contributed by atoms with Crippen molar-refractivity contribution >= 4 is 5.78 Å². The SMILES string of the molecule is CC(C)C(=O)c1nocc1C(C)C. The van der Waals surface area contributed by atoms with Gasteiger partial charge in [-0.15, -0.1) is 0 Å². The highest BCUT2D eigenvalue weighted by molar-refractivity contribution is 5.96. The van der Waals surface area contributed by atoms with Gasteiger partial charge in [0.1, 0.15) is 6.26 Å². The van der Waals surface area contributed by atoms with Crippen LogP contribution in [0.3, 0.4) is 0 Å². The summed E-state index contributed by atoms with van der Waals surface area (Å²) in [5.74, 6) is 0.309. The van der Waals surface area contributed by atoms with Crippen LogP contribution in [0.5, 0.6) is 0 Å². The first-order valence-electron chi connectivity index (χ1n) is 4.52. The smallest absolute Gasteiger partial charge is 0.187 e. The molecule has 1 aromatic heterocycles. The average Bonchev–Trinajstić information content (AvgIpc) is 2.50. The number of carbonyl (C=O) groups is 1. The van der Waals surface area contributed by atoms with E-state index in [4.69, 9.17) is 4.52 Å². The fourth-order valence-corrected chi connectivity index (χ4v) is 1.11. The lowest BCUT2D eigenvalue weighted by Crippen LogP contribution is -2.10. The maximum absolute atomic E-state index is 11.6. The molecule has 0 bridgehead atoms. The molecule has 0 fully saturated rings. The van der Waals surface area contributed by atoms with Gasteiger partial charge in [-0.3, -0.25) is 4.79 Å². The minimum atomic E-state index is -0.0254. The maximum Gasteiger partial charge on any atom is 0.187 e. The fourth-order valence-electron chi connectivity index (χ4n) is 1.11. The molecule has 0 aliphatic carbocycles. The Morgan fingerprint density at radius 3 is 2.46 bits per heavy atom. The van der Waals surface area contributed by atoms with Crippen molar-refractivity contribution in [3.8, 4) is 0 Å². The number of hydrogen-bond acceptors (Lipinski definition) is 3. The van der Waals surface area contributed by atoms with Crippen molar-refractivity contribution < 1.29 is 9.32 Å². The first kappa shape index (κ1) is 9.96. The fraction of sp³-hybridized carbons (Fsp3) is 0.600. The summed E-state index contributed by atoms with van der Waals surface area (Å²) in [5, 5.41) is 3.73. The zero-order chi connectivity index (χ0) is 10.0. The van der Waals surface area contributed by atoms with Gasteiger partial charge in [-0.2, -0.15) is 0 Å². The molecule has 72 valence electrons. The van der Waals surface area contributed by atoms with Crippen molar-refractivity contribution in [2.24, 2.45) is 5.92 Å². The maximum atomic E-state index is 11.6. The third kappa shape index (κ3) is 1.97. The Bertz CT molecular complexity index is 300. The summed E-state index contributed by atoms with van der Waals surface area (Å²) >= 11 is 0. The standard InChI is InChI=1S/C10H15NO2/c1-6(2)8-5-13-11-9(8)10(12)7(3)4/h5-7H,1-4H3. The lowest BCUT2D eigenvalue weighted by Gasteiger charge is -2.04. The molecule has 0 N–H and O–H groups in total. The molecule has 1 heterocycles. The molecule has 0 radical (unpaired) electrons. The van der Waals surface area contributed by atoms with E-state index in [9.17, 15) is 4.79 Å². The number of Topliss-reactive ketones (excluding diaryl/α,β-unsaturated/α-hetero) is 1.